The van der Waals surface area contributed by atoms with E-state index in [1.165, 1.54) is 12.1 Å². The zero-order chi connectivity index (χ0) is 18.2. The Balaban J connectivity index is 2.05. The summed E-state index contributed by atoms with van der Waals surface area (Å²) in [6.07, 6.45) is 2.51. The minimum atomic E-state index is -0.401. The van der Waals surface area contributed by atoms with E-state index >= 15 is 0 Å². The maximum Gasteiger partial charge on any atom is 0.269 e. The molecule has 25 heavy (non-hydrogen) atoms. The number of ether oxygens (including phenoxy) is 2. The van der Waals surface area contributed by atoms with Gasteiger partial charge in [-0.25, -0.2) is 0 Å². The van der Waals surface area contributed by atoms with Crippen LogP contribution < -0.4 is 14.8 Å². The lowest BCUT2D eigenvalue weighted by Crippen LogP contribution is -2.13. The average Bonchev–Trinajstić information content (AvgIpc) is 2.62. The molecule has 0 aliphatic heterocycles. The van der Waals surface area contributed by atoms with Gasteiger partial charge in [-0.3, -0.25) is 10.1 Å². The number of benzene rings is 2. The van der Waals surface area contributed by atoms with Gasteiger partial charge in [-0.1, -0.05) is 24.3 Å². The highest BCUT2D eigenvalue weighted by atomic mass is 16.6. The second-order valence-electron chi connectivity index (χ2n) is 5.51. The highest BCUT2D eigenvalue weighted by molar-refractivity contribution is 5.50. The molecule has 0 aliphatic rings. The molecular formula is C19H22N2O4. The quantitative estimate of drug-likeness (QED) is 0.428. The highest BCUT2D eigenvalue weighted by Gasteiger charge is 2.11. The molecule has 2 aromatic carbocycles. The molecule has 0 bridgehead atoms. The summed E-state index contributed by atoms with van der Waals surface area (Å²) >= 11 is 0. The molecule has 6 heteroatoms. The number of non-ortho nitro benzene ring substituents is 1. The number of nitro benzene ring substituents is 1. The monoisotopic (exact) mass is 342 g/mol. The van der Waals surface area contributed by atoms with Gasteiger partial charge in [-0.05, 0) is 23.6 Å². The molecule has 2 aromatic rings. The molecule has 1 N–H and O–H groups in total. The van der Waals surface area contributed by atoms with Crippen molar-refractivity contribution < 1.29 is 14.4 Å². The van der Waals surface area contributed by atoms with E-state index in [0.717, 1.165) is 22.4 Å². The van der Waals surface area contributed by atoms with Gasteiger partial charge in [0.2, 0.25) is 0 Å². The predicted octanol–water partition coefficient (Wildman–Crippen LogP) is 3.63. The van der Waals surface area contributed by atoms with Crippen LogP contribution in [0.4, 0.5) is 5.69 Å². The summed E-state index contributed by atoms with van der Waals surface area (Å²) in [5.41, 5.74) is 3.16. The number of hydrogen-bond acceptors (Lipinski definition) is 5. The number of nitrogens with zero attached hydrogens (tertiary/aromatic N) is 1. The zero-order valence-corrected chi connectivity index (χ0v) is 14.5. The Kier molecular flexibility index (Phi) is 6.54. The van der Waals surface area contributed by atoms with Gasteiger partial charge in [0.25, 0.3) is 5.69 Å². The molecule has 0 aromatic heterocycles. The first-order valence-electron chi connectivity index (χ1n) is 7.87. The number of allylic oxidation sites excluding steroid dienone is 1. The van der Waals surface area contributed by atoms with Crippen molar-refractivity contribution in [3.63, 3.8) is 0 Å². The lowest BCUT2D eigenvalue weighted by Gasteiger charge is -2.15. The Labute approximate surface area is 147 Å². The molecule has 132 valence electrons. The van der Waals surface area contributed by atoms with Crippen LogP contribution in [0.15, 0.2) is 49.1 Å². The van der Waals surface area contributed by atoms with Crippen molar-refractivity contribution in [3.05, 3.63) is 75.9 Å². The minimum absolute atomic E-state index is 0.0951. The lowest BCUT2D eigenvalue weighted by atomic mass is 10.1. The molecule has 0 radical (unpaired) electrons. The summed E-state index contributed by atoms with van der Waals surface area (Å²) in [6.45, 7) is 5.03. The first-order valence-corrected chi connectivity index (χ1v) is 7.87. The number of hydrogen-bond donors (Lipinski definition) is 1. The standard InChI is InChI=1S/C19H22N2O4/c1-4-5-16-10-15(11-18(24-2)19(16)25-3)13-20-12-14-6-8-17(9-7-14)21(22)23/h4,6-11,20H,1,5,12-13H2,2-3H3. The smallest absolute Gasteiger partial charge is 0.269 e. The van der Waals surface area contributed by atoms with Crippen LogP contribution in [0, 0.1) is 10.1 Å². The molecular weight excluding hydrogens is 320 g/mol. The molecule has 0 amide bonds. The summed E-state index contributed by atoms with van der Waals surface area (Å²) in [7, 11) is 3.24. The summed E-state index contributed by atoms with van der Waals surface area (Å²) in [4.78, 5) is 10.3. The van der Waals surface area contributed by atoms with Gasteiger partial charge in [-0.2, -0.15) is 0 Å². The Morgan fingerprint density at radius 2 is 1.80 bits per heavy atom. The van der Waals surface area contributed by atoms with E-state index in [4.69, 9.17) is 9.47 Å². The number of nitro groups is 1. The number of methoxy groups -OCH3 is 2. The fourth-order valence-corrected chi connectivity index (χ4v) is 2.60. The SMILES string of the molecule is C=CCc1cc(CNCc2ccc([N+](=O)[O-])cc2)cc(OC)c1OC. The van der Waals surface area contributed by atoms with Crippen LogP contribution in [-0.4, -0.2) is 19.1 Å². The molecule has 0 fully saturated rings. The van der Waals surface area contributed by atoms with Gasteiger partial charge in [0.05, 0.1) is 19.1 Å². The lowest BCUT2D eigenvalue weighted by molar-refractivity contribution is -0.384. The summed E-state index contributed by atoms with van der Waals surface area (Å²) in [5.74, 6) is 1.41. The third-order valence-electron chi connectivity index (χ3n) is 3.79. The number of nitrogens with one attached hydrogen (secondary N) is 1. The molecule has 0 heterocycles. The topological polar surface area (TPSA) is 73.6 Å². The Morgan fingerprint density at radius 3 is 2.36 bits per heavy atom. The molecule has 0 aliphatic carbocycles. The molecule has 0 atom stereocenters. The largest absolute Gasteiger partial charge is 0.493 e. The van der Waals surface area contributed by atoms with Gasteiger partial charge in [0.1, 0.15) is 0 Å². The average molecular weight is 342 g/mol. The van der Waals surface area contributed by atoms with Crippen LogP contribution in [0.1, 0.15) is 16.7 Å². The molecule has 0 saturated carbocycles. The van der Waals surface area contributed by atoms with E-state index in [9.17, 15) is 10.1 Å². The van der Waals surface area contributed by atoms with Crippen molar-refractivity contribution >= 4 is 5.69 Å². The summed E-state index contributed by atoms with van der Waals surface area (Å²) in [6, 6.07) is 10.5. The van der Waals surface area contributed by atoms with E-state index in [2.05, 4.69) is 18.0 Å². The van der Waals surface area contributed by atoms with Crippen LogP contribution >= 0.6 is 0 Å². The van der Waals surface area contributed by atoms with Crippen LogP contribution in [0.2, 0.25) is 0 Å². The first kappa shape index (κ1) is 18.5. The summed E-state index contributed by atoms with van der Waals surface area (Å²) in [5, 5.41) is 14.0. The van der Waals surface area contributed by atoms with Gasteiger partial charge in [0, 0.05) is 30.8 Å². The second-order valence-corrected chi connectivity index (χ2v) is 5.51. The van der Waals surface area contributed by atoms with Gasteiger partial charge in [0.15, 0.2) is 11.5 Å². The Morgan fingerprint density at radius 1 is 1.12 bits per heavy atom. The fraction of sp³-hybridized carbons (Fsp3) is 0.263. The van der Waals surface area contributed by atoms with Crippen molar-refractivity contribution in [2.45, 2.75) is 19.5 Å². The van der Waals surface area contributed by atoms with Crippen LogP contribution in [-0.2, 0) is 19.5 Å². The molecule has 0 unspecified atom stereocenters. The Bertz CT molecular complexity index is 742. The maximum atomic E-state index is 10.7. The van der Waals surface area contributed by atoms with E-state index in [-0.39, 0.29) is 5.69 Å². The van der Waals surface area contributed by atoms with Crippen molar-refractivity contribution in [2.75, 3.05) is 14.2 Å². The summed E-state index contributed by atoms with van der Waals surface area (Å²) < 4.78 is 10.8. The highest BCUT2D eigenvalue weighted by Crippen LogP contribution is 2.33. The first-order chi connectivity index (χ1) is 12.1. The predicted molar refractivity (Wildman–Crippen MR) is 97.1 cm³/mol. The molecule has 2 rings (SSSR count). The third-order valence-corrected chi connectivity index (χ3v) is 3.79. The van der Waals surface area contributed by atoms with E-state index < -0.39 is 4.92 Å². The fourth-order valence-electron chi connectivity index (χ4n) is 2.60. The third kappa shape index (κ3) is 4.81. The van der Waals surface area contributed by atoms with E-state index in [0.29, 0.717) is 25.3 Å². The van der Waals surface area contributed by atoms with Crippen molar-refractivity contribution in [1.82, 2.24) is 5.32 Å². The van der Waals surface area contributed by atoms with Crippen molar-refractivity contribution in [1.29, 1.82) is 0 Å². The van der Waals surface area contributed by atoms with E-state index in [1.54, 1.807) is 26.4 Å². The normalized spacial score (nSPS) is 10.3. The molecule has 0 spiro atoms. The van der Waals surface area contributed by atoms with Crippen LogP contribution in [0.3, 0.4) is 0 Å². The van der Waals surface area contributed by atoms with Gasteiger partial charge in [-0.15, -0.1) is 6.58 Å². The van der Waals surface area contributed by atoms with Crippen molar-refractivity contribution in [3.8, 4) is 11.5 Å². The van der Waals surface area contributed by atoms with Gasteiger partial charge >= 0.3 is 0 Å². The van der Waals surface area contributed by atoms with E-state index in [1.807, 2.05) is 12.1 Å². The van der Waals surface area contributed by atoms with Crippen LogP contribution in [0.25, 0.3) is 0 Å². The Hall–Kier alpha value is -2.86. The van der Waals surface area contributed by atoms with Gasteiger partial charge < -0.3 is 14.8 Å². The maximum absolute atomic E-state index is 10.7. The molecule has 0 saturated heterocycles. The van der Waals surface area contributed by atoms with Crippen molar-refractivity contribution in [2.24, 2.45) is 0 Å². The minimum Gasteiger partial charge on any atom is -0.493 e. The second kappa shape index (κ2) is 8.84. The van der Waals surface area contributed by atoms with Crippen LogP contribution in [0.5, 0.6) is 11.5 Å². The molecule has 6 nitrogen and oxygen atoms in total. The number of rotatable bonds is 9. The zero-order valence-electron chi connectivity index (χ0n) is 14.5.